The van der Waals surface area contributed by atoms with Gasteiger partial charge < -0.3 is 30.7 Å². The molecule has 4 rings (SSSR count). The molecule has 1 amide bonds. The molecule has 26 heavy (non-hydrogen) atoms. The van der Waals surface area contributed by atoms with Gasteiger partial charge in [-0.1, -0.05) is 0 Å². The molecule has 3 heterocycles. The van der Waals surface area contributed by atoms with Crippen molar-refractivity contribution in [2.75, 3.05) is 26.8 Å². The monoisotopic (exact) mass is 362 g/mol. The Labute approximate surface area is 150 Å². The van der Waals surface area contributed by atoms with Crippen LogP contribution in [0.3, 0.4) is 0 Å². The van der Waals surface area contributed by atoms with E-state index < -0.39 is 17.7 Å². The SMILES string of the molecule is CCNC1=C(C)C(=O)C2=C(C1=O)[C@@H](COC(N)=O)[C@@]1(OC)C3NC3CN21. The van der Waals surface area contributed by atoms with E-state index >= 15 is 0 Å². The number of nitrogens with two attached hydrogens (primary N) is 1. The number of amides is 1. The van der Waals surface area contributed by atoms with Gasteiger partial charge in [-0.05, 0) is 13.8 Å². The van der Waals surface area contributed by atoms with Gasteiger partial charge in [0, 0.05) is 37.4 Å². The Hall–Kier alpha value is -2.39. The van der Waals surface area contributed by atoms with Crippen LogP contribution in [0.2, 0.25) is 0 Å². The van der Waals surface area contributed by atoms with Crippen molar-refractivity contribution in [1.82, 2.24) is 15.5 Å². The van der Waals surface area contributed by atoms with E-state index in [2.05, 4.69) is 10.6 Å². The van der Waals surface area contributed by atoms with Crippen LogP contribution in [0, 0.1) is 5.92 Å². The average molecular weight is 362 g/mol. The summed E-state index contributed by atoms with van der Waals surface area (Å²) in [4.78, 5) is 39.4. The van der Waals surface area contributed by atoms with Gasteiger partial charge in [0.25, 0.3) is 0 Å². The number of nitrogens with zero attached hydrogens (tertiary/aromatic N) is 1. The van der Waals surface area contributed by atoms with Crippen molar-refractivity contribution in [2.45, 2.75) is 31.7 Å². The molecule has 4 N–H and O–H groups in total. The van der Waals surface area contributed by atoms with Crippen LogP contribution in [0.5, 0.6) is 0 Å². The lowest BCUT2D eigenvalue weighted by Gasteiger charge is -2.39. The van der Waals surface area contributed by atoms with E-state index in [-0.39, 0.29) is 30.3 Å². The number of likely N-dealkylation sites (N-methyl/N-ethyl adjacent to an activating group) is 1. The van der Waals surface area contributed by atoms with Crippen LogP contribution in [0.1, 0.15) is 13.8 Å². The summed E-state index contributed by atoms with van der Waals surface area (Å²) in [5.74, 6) is -1.04. The summed E-state index contributed by atoms with van der Waals surface area (Å²) < 4.78 is 10.9. The van der Waals surface area contributed by atoms with Crippen LogP contribution in [-0.2, 0) is 19.1 Å². The second-order valence-corrected chi connectivity index (χ2v) is 6.95. The zero-order valence-corrected chi connectivity index (χ0v) is 14.9. The number of ketones is 2. The molecule has 4 aliphatic rings. The highest BCUT2D eigenvalue weighted by Gasteiger charge is 2.72. The summed E-state index contributed by atoms with van der Waals surface area (Å²) in [7, 11) is 1.55. The van der Waals surface area contributed by atoms with Gasteiger partial charge in [0.1, 0.15) is 6.61 Å². The average Bonchev–Trinajstić information content (AvgIpc) is 3.21. The summed E-state index contributed by atoms with van der Waals surface area (Å²) in [6.45, 7) is 4.47. The van der Waals surface area contributed by atoms with Crippen LogP contribution < -0.4 is 16.4 Å². The van der Waals surface area contributed by atoms with Gasteiger partial charge in [-0.2, -0.15) is 0 Å². The molecule has 0 radical (unpaired) electrons. The van der Waals surface area contributed by atoms with Gasteiger partial charge in [0.05, 0.1) is 23.4 Å². The Morgan fingerprint density at radius 3 is 2.77 bits per heavy atom. The number of hydrogen-bond acceptors (Lipinski definition) is 8. The van der Waals surface area contributed by atoms with Crippen molar-refractivity contribution < 1.29 is 23.9 Å². The Morgan fingerprint density at radius 2 is 2.15 bits per heavy atom. The fourth-order valence-corrected chi connectivity index (χ4v) is 4.68. The maximum atomic E-state index is 13.2. The third kappa shape index (κ3) is 1.95. The first-order chi connectivity index (χ1) is 12.4. The zero-order chi connectivity index (χ0) is 18.8. The first-order valence-corrected chi connectivity index (χ1v) is 8.67. The molecule has 1 aliphatic carbocycles. The highest BCUT2D eigenvalue weighted by molar-refractivity contribution is 6.25. The number of rotatable bonds is 5. The van der Waals surface area contributed by atoms with Gasteiger partial charge >= 0.3 is 6.09 Å². The van der Waals surface area contributed by atoms with Crippen LogP contribution in [0.25, 0.3) is 0 Å². The number of ether oxygens (including phenoxy) is 2. The van der Waals surface area contributed by atoms with E-state index in [1.807, 2.05) is 11.8 Å². The van der Waals surface area contributed by atoms with Crippen molar-refractivity contribution in [2.24, 2.45) is 11.7 Å². The van der Waals surface area contributed by atoms with Gasteiger partial charge in [-0.25, -0.2) is 4.79 Å². The second kappa shape index (κ2) is 5.55. The van der Waals surface area contributed by atoms with E-state index in [0.717, 1.165) is 0 Å². The highest BCUT2D eigenvalue weighted by atomic mass is 16.6. The van der Waals surface area contributed by atoms with Crippen LogP contribution in [0.15, 0.2) is 22.5 Å². The lowest BCUT2D eigenvalue weighted by atomic mass is 9.82. The Balaban J connectivity index is 1.82. The van der Waals surface area contributed by atoms with Crippen LogP contribution >= 0.6 is 0 Å². The Morgan fingerprint density at radius 1 is 1.42 bits per heavy atom. The molecule has 9 nitrogen and oxygen atoms in total. The predicted octanol–water partition coefficient (Wildman–Crippen LogP) is -1.00. The maximum absolute atomic E-state index is 13.2. The van der Waals surface area contributed by atoms with Crippen molar-refractivity contribution in [1.29, 1.82) is 0 Å². The van der Waals surface area contributed by atoms with E-state index in [4.69, 9.17) is 15.2 Å². The lowest BCUT2D eigenvalue weighted by Crippen LogP contribution is -2.55. The summed E-state index contributed by atoms with van der Waals surface area (Å²) >= 11 is 0. The van der Waals surface area contributed by atoms with E-state index in [0.29, 0.717) is 35.6 Å². The third-order valence-electron chi connectivity index (χ3n) is 5.78. The van der Waals surface area contributed by atoms with E-state index in [1.54, 1.807) is 14.0 Å². The molecule has 3 aliphatic heterocycles. The quantitative estimate of drug-likeness (QED) is 0.419. The number of allylic oxidation sites excluding steroid dienone is 2. The molecule has 2 fully saturated rings. The standard InChI is InChI=1S/C17H22N4O5/c1-4-19-11-7(2)13(22)12-10(14(11)23)8(6-26-16(18)24)17(25-3)15-9(20-15)5-21(12)17/h8-9,15,19-20H,4-6H2,1-3H3,(H2,18,24)/t8-,9?,15?,17-/m1/s1. The fourth-order valence-electron chi connectivity index (χ4n) is 4.68. The first-order valence-electron chi connectivity index (χ1n) is 8.67. The number of fused-ring (bicyclic) bond motifs is 4. The second-order valence-electron chi connectivity index (χ2n) is 6.95. The first kappa shape index (κ1) is 17.0. The summed E-state index contributed by atoms with van der Waals surface area (Å²) in [5.41, 5.74) is 5.61. The largest absolute Gasteiger partial charge is 0.449 e. The minimum Gasteiger partial charge on any atom is -0.449 e. The Bertz CT molecular complexity index is 788. The minimum atomic E-state index is -0.932. The fraction of sp³-hybridized carbons (Fsp3) is 0.588. The molecule has 2 saturated heterocycles. The minimum absolute atomic E-state index is 0.0388. The van der Waals surface area contributed by atoms with Gasteiger partial charge in [0.2, 0.25) is 11.6 Å². The third-order valence-corrected chi connectivity index (χ3v) is 5.78. The molecular formula is C17H22N4O5. The number of carbonyl (C=O) groups is 3. The van der Waals surface area contributed by atoms with Gasteiger partial charge in [0.15, 0.2) is 5.72 Å². The normalized spacial score (nSPS) is 34.7. The molecule has 0 saturated carbocycles. The lowest BCUT2D eigenvalue weighted by molar-refractivity contribution is -0.137. The van der Waals surface area contributed by atoms with Crippen LogP contribution in [-0.4, -0.2) is 67.2 Å². The Kier molecular flexibility index (Phi) is 3.64. The van der Waals surface area contributed by atoms with Crippen molar-refractivity contribution in [3.63, 3.8) is 0 Å². The molecule has 0 aromatic carbocycles. The number of hydrogen-bond donors (Lipinski definition) is 3. The summed E-state index contributed by atoms with van der Waals surface area (Å²) in [6, 6.07) is 0.144. The topological polar surface area (TPSA) is 133 Å². The predicted molar refractivity (Wildman–Crippen MR) is 89.6 cm³/mol. The molecule has 2 unspecified atom stereocenters. The number of methoxy groups -OCH3 is 1. The molecule has 140 valence electrons. The van der Waals surface area contributed by atoms with E-state index in [9.17, 15) is 14.4 Å². The molecular weight excluding hydrogens is 340 g/mol. The number of piperazine rings is 1. The van der Waals surface area contributed by atoms with Gasteiger partial charge in [-0.3, -0.25) is 9.59 Å². The van der Waals surface area contributed by atoms with Gasteiger partial charge in [-0.15, -0.1) is 0 Å². The van der Waals surface area contributed by atoms with E-state index in [1.165, 1.54) is 0 Å². The van der Waals surface area contributed by atoms with Crippen molar-refractivity contribution in [3.8, 4) is 0 Å². The number of nitrogens with one attached hydrogen (secondary N) is 2. The number of carbonyl (C=O) groups excluding carboxylic acids is 3. The zero-order valence-electron chi connectivity index (χ0n) is 14.9. The highest BCUT2D eigenvalue weighted by Crippen LogP contribution is 2.55. The van der Waals surface area contributed by atoms with Crippen molar-refractivity contribution in [3.05, 3.63) is 22.5 Å². The summed E-state index contributed by atoms with van der Waals surface area (Å²) in [5, 5.41) is 6.32. The summed E-state index contributed by atoms with van der Waals surface area (Å²) in [6.07, 6.45) is -0.927. The molecule has 0 aromatic rings. The molecule has 0 bridgehead atoms. The number of Topliss-reactive ketones (excluding diaryl/α,β-unsaturated/α-hetero) is 2. The molecule has 9 heteroatoms. The molecule has 4 atom stereocenters. The smallest absolute Gasteiger partial charge is 0.404 e. The van der Waals surface area contributed by atoms with Crippen molar-refractivity contribution >= 4 is 17.7 Å². The molecule has 0 spiro atoms. The number of primary amides is 1. The van der Waals surface area contributed by atoms with Crippen LogP contribution in [0.4, 0.5) is 4.79 Å². The molecule has 0 aromatic heterocycles. The maximum Gasteiger partial charge on any atom is 0.404 e.